The van der Waals surface area contributed by atoms with E-state index in [4.69, 9.17) is 18.9 Å². The van der Waals surface area contributed by atoms with Gasteiger partial charge in [0, 0.05) is 17.1 Å². The van der Waals surface area contributed by atoms with Crippen molar-refractivity contribution in [3.05, 3.63) is 67.0 Å². The summed E-state index contributed by atoms with van der Waals surface area (Å²) in [4.78, 5) is 11.3. The summed E-state index contributed by atoms with van der Waals surface area (Å²) in [6.45, 7) is 2.90. The van der Waals surface area contributed by atoms with Crippen LogP contribution in [0.5, 0.6) is 28.7 Å². The van der Waals surface area contributed by atoms with E-state index in [2.05, 4.69) is 27.2 Å². The van der Waals surface area contributed by atoms with E-state index in [-0.39, 0.29) is 0 Å². The molecule has 0 spiro atoms. The van der Waals surface area contributed by atoms with Crippen LogP contribution >= 0.6 is 0 Å². The molecular formula is C29H32N4O4. The molecule has 8 heteroatoms. The Bertz CT molecular complexity index is 1320. The van der Waals surface area contributed by atoms with Crippen molar-refractivity contribution in [3.8, 4) is 28.7 Å². The van der Waals surface area contributed by atoms with Gasteiger partial charge in [-0.1, -0.05) is 0 Å². The summed E-state index contributed by atoms with van der Waals surface area (Å²) < 4.78 is 23.0. The Hall–Kier alpha value is -4.04. The number of methoxy groups -OCH3 is 2. The summed E-state index contributed by atoms with van der Waals surface area (Å²) in [7, 11) is 5.46. The lowest BCUT2D eigenvalue weighted by Gasteiger charge is -2.28. The lowest BCUT2D eigenvalue weighted by Crippen LogP contribution is -2.32. The number of aromatic nitrogens is 2. The zero-order chi connectivity index (χ0) is 25.6. The topological polar surface area (TPSA) is 78.0 Å². The van der Waals surface area contributed by atoms with Crippen molar-refractivity contribution in [2.75, 3.05) is 46.3 Å². The first-order valence-corrected chi connectivity index (χ1v) is 12.4. The third-order valence-corrected chi connectivity index (χ3v) is 6.65. The molecule has 2 heterocycles. The molecule has 1 saturated heterocycles. The van der Waals surface area contributed by atoms with Gasteiger partial charge in [0.25, 0.3) is 0 Å². The van der Waals surface area contributed by atoms with E-state index in [1.54, 1.807) is 20.5 Å². The number of nitrogens with one attached hydrogen (secondary N) is 1. The van der Waals surface area contributed by atoms with Crippen molar-refractivity contribution < 1.29 is 18.9 Å². The molecule has 5 rings (SSSR count). The third-order valence-electron chi connectivity index (χ3n) is 6.65. The lowest BCUT2D eigenvalue weighted by molar-refractivity contribution is 0.157. The number of ether oxygens (including phenoxy) is 4. The minimum absolute atomic E-state index is 0.552. The molecule has 1 N–H and O–H groups in total. The number of rotatable bonds is 9. The molecule has 192 valence electrons. The van der Waals surface area contributed by atoms with E-state index in [1.165, 1.54) is 0 Å². The van der Waals surface area contributed by atoms with Crippen LogP contribution < -0.4 is 24.3 Å². The second-order valence-corrected chi connectivity index (χ2v) is 9.23. The molecule has 3 aromatic carbocycles. The maximum absolute atomic E-state index is 6.20. The van der Waals surface area contributed by atoms with Crippen LogP contribution in [0.2, 0.25) is 0 Å². The molecule has 8 nitrogen and oxygen atoms in total. The number of benzene rings is 3. The number of hydrogen-bond acceptors (Lipinski definition) is 8. The minimum Gasteiger partial charge on any atom is -0.497 e. The first-order chi connectivity index (χ1) is 18.1. The van der Waals surface area contributed by atoms with Gasteiger partial charge in [0.2, 0.25) is 0 Å². The highest BCUT2D eigenvalue weighted by Gasteiger charge is 2.19. The van der Waals surface area contributed by atoms with Crippen LogP contribution in [0.3, 0.4) is 0 Å². The van der Waals surface area contributed by atoms with Crippen molar-refractivity contribution in [1.82, 2.24) is 14.9 Å². The summed E-state index contributed by atoms with van der Waals surface area (Å²) in [5, 5.41) is 4.24. The Morgan fingerprint density at radius 1 is 0.838 bits per heavy atom. The molecule has 0 amide bonds. The highest BCUT2D eigenvalue weighted by molar-refractivity contribution is 5.93. The van der Waals surface area contributed by atoms with Crippen LogP contribution in [-0.2, 0) is 0 Å². The molecular weight excluding hydrogens is 468 g/mol. The normalized spacial score (nSPS) is 14.4. The lowest BCUT2D eigenvalue weighted by atomic mass is 9.98. The minimum atomic E-state index is 0.552. The van der Waals surface area contributed by atoms with E-state index in [9.17, 15) is 0 Å². The van der Waals surface area contributed by atoms with Gasteiger partial charge in [0.15, 0.2) is 11.5 Å². The van der Waals surface area contributed by atoms with Crippen LogP contribution in [0, 0.1) is 5.92 Å². The molecule has 1 fully saturated rings. The molecule has 0 radical (unpaired) electrons. The fourth-order valence-corrected chi connectivity index (χ4v) is 4.40. The summed E-state index contributed by atoms with van der Waals surface area (Å²) in [5.41, 5.74) is 1.67. The van der Waals surface area contributed by atoms with Crippen LogP contribution in [0.1, 0.15) is 12.8 Å². The third kappa shape index (κ3) is 6.03. The van der Waals surface area contributed by atoms with Gasteiger partial charge >= 0.3 is 0 Å². The standard InChI is InChI=1S/C29H32N4O4/c1-33-14-12-20(13-15-33)18-36-28-17-26-25(16-27(28)35-3)29(31-19-30-26)32-21-4-6-23(7-5-21)37-24-10-8-22(34-2)9-11-24/h4-11,16-17,19-20H,12-15,18H2,1-3H3,(H,30,31,32). The van der Waals surface area contributed by atoms with Crippen LogP contribution in [0.15, 0.2) is 67.0 Å². The van der Waals surface area contributed by atoms with Gasteiger partial charge in [-0.3, -0.25) is 0 Å². The number of hydrogen-bond donors (Lipinski definition) is 1. The van der Waals surface area contributed by atoms with E-state index < -0.39 is 0 Å². The number of anilines is 2. The van der Waals surface area contributed by atoms with Gasteiger partial charge in [-0.2, -0.15) is 0 Å². The monoisotopic (exact) mass is 500 g/mol. The Labute approximate surface area is 217 Å². The molecule has 37 heavy (non-hydrogen) atoms. The SMILES string of the molecule is COc1ccc(Oc2ccc(Nc3ncnc4cc(OCC5CCN(C)CC5)c(OC)cc34)cc2)cc1. The summed E-state index contributed by atoms with van der Waals surface area (Å²) in [6, 6.07) is 19.1. The maximum Gasteiger partial charge on any atom is 0.163 e. The largest absolute Gasteiger partial charge is 0.497 e. The second kappa shape index (κ2) is 11.3. The zero-order valence-corrected chi connectivity index (χ0v) is 21.4. The highest BCUT2D eigenvalue weighted by atomic mass is 16.5. The van der Waals surface area contributed by atoms with Crippen molar-refractivity contribution in [2.45, 2.75) is 12.8 Å². The highest BCUT2D eigenvalue weighted by Crippen LogP contribution is 2.35. The Balaban J connectivity index is 1.29. The van der Waals surface area contributed by atoms with Gasteiger partial charge in [-0.25, -0.2) is 9.97 Å². The summed E-state index contributed by atoms with van der Waals surface area (Å²) in [5.74, 6) is 4.88. The van der Waals surface area contributed by atoms with Gasteiger partial charge < -0.3 is 29.2 Å². The van der Waals surface area contributed by atoms with Gasteiger partial charge in [-0.15, -0.1) is 0 Å². The fourth-order valence-electron chi connectivity index (χ4n) is 4.40. The molecule has 0 unspecified atom stereocenters. The predicted molar refractivity (Wildman–Crippen MR) is 145 cm³/mol. The van der Waals surface area contributed by atoms with Crippen molar-refractivity contribution in [3.63, 3.8) is 0 Å². The Morgan fingerprint density at radius 2 is 1.51 bits per heavy atom. The summed E-state index contributed by atoms with van der Waals surface area (Å²) >= 11 is 0. The molecule has 0 atom stereocenters. The second-order valence-electron chi connectivity index (χ2n) is 9.23. The molecule has 1 aromatic heterocycles. The maximum atomic E-state index is 6.20. The Morgan fingerprint density at radius 3 is 2.19 bits per heavy atom. The first kappa shape index (κ1) is 24.6. The first-order valence-electron chi connectivity index (χ1n) is 12.4. The predicted octanol–water partition coefficient (Wildman–Crippen LogP) is 5.90. The average Bonchev–Trinajstić information content (AvgIpc) is 2.94. The number of likely N-dealkylation sites (tertiary alicyclic amines) is 1. The molecule has 4 aromatic rings. The van der Waals surface area contributed by atoms with Gasteiger partial charge in [0.1, 0.15) is 29.4 Å². The van der Waals surface area contributed by atoms with Crippen LogP contribution in [0.4, 0.5) is 11.5 Å². The molecule has 0 aliphatic carbocycles. The number of nitrogens with zero attached hydrogens (tertiary/aromatic N) is 3. The van der Waals surface area contributed by atoms with E-state index in [0.29, 0.717) is 29.8 Å². The van der Waals surface area contributed by atoms with Crippen LogP contribution in [0.25, 0.3) is 10.9 Å². The smallest absolute Gasteiger partial charge is 0.163 e. The van der Waals surface area contributed by atoms with Gasteiger partial charge in [-0.05, 0) is 93.5 Å². The number of fused-ring (bicyclic) bond motifs is 1. The van der Waals surface area contributed by atoms with E-state index in [1.807, 2.05) is 60.7 Å². The average molecular weight is 501 g/mol. The molecule has 0 saturated carbocycles. The number of piperidine rings is 1. The molecule has 1 aliphatic rings. The van der Waals surface area contributed by atoms with Gasteiger partial charge in [0.05, 0.1) is 26.3 Å². The Kier molecular flexibility index (Phi) is 7.56. The van der Waals surface area contributed by atoms with Crippen molar-refractivity contribution >= 4 is 22.4 Å². The van der Waals surface area contributed by atoms with Crippen molar-refractivity contribution in [1.29, 1.82) is 0 Å². The van der Waals surface area contributed by atoms with E-state index in [0.717, 1.165) is 59.8 Å². The van der Waals surface area contributed by atoms with E-state index >= 15 is 0 Å². The molecule has 1 aliphatic heterocycles. The summed E-state index contributed by atoms with van der Waals surface area (Å²) in [6.07, 6.45) is 3.85. The molecule has 0 bridgehead atoms. The van der Waals surface area contributed by atoms with Crippen molar-refractivity contribution in [2.24, 2.45) is 5.92 Å². The van der Waals surface area contributed by atoms with Crippen LogP contribution in [-0.4, -0.2) is 55.8 Å². The quantitative estimate of drug-likeness (QED) is 0.304. The fraction of sp³-hybridized carbons (Fsp3) is 0.310. The zero-order valence-electron chi connectivity index (χ0n) is 21.4.